The molecular formula is C15H17F. The smallest absolute Gasteiger partial charge is 0.123 e. The second-order valence-electron chi connectivity index (χ2n) is 4.01. The van der Waals surface area contributed by atoms with Crippen LogP contribution in [0.1, 0.15) is 30.9 Å². The zero-order chi connectivity index (χ0) is 12.0. The van der Waals surface area contributed by atoms with Crippen LogP contribution < -0.4 is 0 Å². The van der Waals surface area contributed by atoms with E-state index >= 15 is 0 Å². The van der Waals surface area contributed by atoms with E-state index in [1.54, 1.807) is 6.07 Å². The van der Waals surface area contributed by atoms with E-state index in [4.69, 9.17) is 0 Å². The largest absolute Gasteiger partial charge is 0.207 e. The first-order valence-electron chi connectivity index (χ1n) is 5.41. The highest BCUT2D eigenvalue weighted by molar-refractivity contribution is 5.52. The third kappa shape index (κ3) is 4.29. The van der Waals surface area contributed by atoms with Crippen molar-refractivity contribution in [3.63, 3.8) is 0 Å². The third-order valence-electron chi connectivity index (χ3n) is 2.31. The molecule has 0 aromatic heterocycles. The van der Waals surface area contributed by atoms with E-state index in [2.05, 4.69) is 12.3 Å². The first kappa shape index (κ1) is 12.5. The van der Waals surface area contributed by atoms with Gasteiger partial charge in [0.2, 0.25) is 0 Å². The molecule has 1 heteroatoms. The van der Waals surface area contributed by atoms with Crippen molar-refractivity contribution in [2.45, 2.75) is 26.7 Å². The van der Waals surface area contributed by atoms with Gasteiger partial charge in [0.05, 0.1) is 0 Å². The molecule has 84 valence electrons. The summed E-state index contributed by atoms with van der Waals surface area (Å²) in [5.74, 6) is -0.208. The lowest BCUT2D eigenvalue weighted by molar-refractivity contribution is 0.627. The van der Waals surface area contributed by atoms with Gasteiger partial charge in [0.15, 0.2) is 0 Å². The molecule has 0 atom stereocenters. The van der Waals surface area contributed by atoms with Crippen LogP contribution in [0.4, 0.5) is 4.39 Å². The molecule has 0 saturated carbocycles. The lowest BCUT2D eigenvalue weighted by Gasteiger charge is -1.97. The van der Waals surface area contributed by atoms with Gasteiger partial charge < -0.3 is 0 Å². The first-order chi connectivity index (χ1) is 7.59. The summed E-state index contributed by atoms with van der Waals surface area (Å²) in [5, 5.41) is 0. The van der Waals surface area contributed by atoms with Crippen LogP contribution in [0.5, 0.6) is 0 Å². The molecule has 0 N–H and O–H groups in total. The minimum atomic E-state index is -0.208. The highest BCUT2D eigenvalue weighted by atomic mass is 19.1. The Morgan fingerprint density at radius 3 is 2.94 bits per heavy atom. The number of hydrogen-bond acceptors (Lipinski definition) is 0. The van der Waals surface area contributed by atoms with Gasteiger partial charge in [-0.2, -0.15) is 0 Å². The van der Waals surface area contributed by atoms with Crippen molar-refractivity contribution in [1.29, 1.82) is 0 Å². The van der Waals surface area contributed by atoms with Crippen molar-refractivity contribution in [1.82, 2.24) is 0 Å². The Labute approximate surface area is 96.8 Å². The van der Waals surface area contributed by atoms with Crippen LogP contribution in [-0.2, 0) is 0 Å². The molecule has 16 heavy (non-hydrogen) atoms. The van der Waals surface area contributed by atoms with E-state index in [1.165, 1.54) is 17.7 Å². The van der Waals surface area contributed by atoms with Crippen molar-refractivity contribution in [3.8, 4) is 0 Å². The van der Waals surface area contributed by atoms with E-state index in [-0.39, 0.29) is 5.82 Å². The zero-order valence-electron chi connectivity index (χ0n) is 9.89. The predicted octanol–water partition coefficient (Wildman–Crippen LogP) is 4.66. The van der Waals surface area contributed by atoms with Gasteiger partial charge >= 0.3 is 0 Å². The lowest BCUT2D eigenvalue weighted by Crippen LogP contribution is -1.81. The summed E-state index contributed by atoms with van der Waals surface area (Å²) in [5.41, 5.74) is 6.17. The van der Waals surface area contributed by atoms with E-state index in [1.807, 2.05) is 26.0 Å². The molecule has 0 spiro atoms. The standard InChI is InChI=1S/C15H17F/c1-12(2)7-5-4-6-8-14-11-15(16)10-9-13(14)3/h4,8-11H,1,5,7H2,2-3H3. The Morgan fingerprint density at radius 1 is 1.50 bits per heavy atom. The van der Waals surface area contributed by atoms with Crippen molar-refractivity contribution in [2.75, 3.05) is 0 Å². The van der Waals surface area contributed by atoms with Gasteiger partial charge in [0.25, 0.3) is 0 Å². The monoisotopic (exact) mass is 216 g/mol. The molecule has 0 unspecified atom stereocenters. The lowest BCUT2D eigenvalue weighted by atomic mass is 10.1. The molecular weight excluding hydrogens is 199 g/mol. The van der Waals surface area contributed by atoms with Crippen LogP contribution in [-0.4, -0.2) is 0 Å². The molecule has 0 heterocycles. The van der Waals surface area contributed by atoms with Crippen LogP contribution in [0.25, 0.3) is 6.08 Å². The molecule has 0 radical (unpaired) electrons. The van der Waals surface area contributed by atoms with E-state index in [9.17, 15) is 4.39 Å². The number of allylic oxidation sites excluding steroid dienone is 2. The van der Waals surface area contributed by atoms with Gasteiger partial charge in [-0.25, -0.2) is 4.39 Å². The third-order valence-corrected chi connectivity index (χ3v) is 2.31. The summed E-state index contributed by atoms with van der Waals surface area (Å²) in [6.07, 6.45) is 5.68. The molecule has 0 amide bonds. The Morgan fingerprint density at radius 2 is 2.25 bits per heavy atom. The Hall–Kier alpha value is -1.59. The number of halogens is 1. The molecule has 0 aliphatic carbocycles. The summed E-state index contributed by atoms with van der Waals surface area (Å²) >= 11 is 0. The fraction of sp³-hybridized carbons (Fsp3) is 0.267. The van der Waals surface area contributed by atoms with E-state index in [0.717, 1.165) is 24.0 Å². The Kier molecular flexibility index (Phi) is 4.75. The number of hydrogen-bond donors (Lipinski definition) is 0. The van der Waals surface area contributed by atoms with E-state index in [0.29, 0.717) is 0 Å². The fourth-order valence-corrected chi connectivity index (χ4v) is 1.32. The van der Waals surface area contributed by atoms with Crippen LogP contribution in [0.15, 0.2) is 42.2 Å². The molecule has 0 saturated heterocycles. The molecule has 0 aliphatic heterocycles. The van der Waals surface area contributed by atoms with Crippen molar-refractivity contribution >= 4 is 6.08 Å². The molecule has 0 aliphatic rings. The molecule has 0 bridgehead atoms. The summed E-state index contributed by atoms with van der Waals surface area (Å²) in [6.45, 7) is 7.80. The highest BCUT2D eigenvalue weighted by Crippen LogP contribution is 2.11. The summed E-state index contributed by atoms with van der Waals surface area (Å²) in [6, 6.07) is 4.77. The highest BCUT2D eigenvalue weighted by Gasteiger charge is 1.95. The van der Waals surface area contributed by atoms with Crippen molar-refractivity contribution in [2.24, 2.45) is 0 Å². The first-order valence-corrected chi connectivity index (χ1v) is 5.41. The van der Waals surface area contributed by atoms with Gasteiger partial charge in [-0.3, -0.25) is 0 Å². The van der Waals surface area contributed by atoms with Gasteiger partial charge in [-0.15, -0.1) is 12.3 Å². The van der Waals surface area contributed by atoms with Gasteiger partial charge in [-0.1, -0.05) is 11.6 Å². The van der Waals surface area contributed by atoms with Crippen LogP contribution in [0.3, 0.4) is 0 Å². The SMILES string of the molecule is C=C(C)CCC=C=Cc1cc(F)ccc1C. The second kappa shape index (κ2) is 6.09. The van der Waals surface area contributed by atoms with Crippen LogP contribution in [0.2, 0.25) is 0 Å². The minimum Gasteiger partial charge on any atom is -0.207 e. The molecule has 1 aromatic rings. The number of aryl methyl sites for hydroxylation is 1. The maximum atomic E-state index is 13.0. The molecule has 1 aromatic carbocycles. The van der Waals surface area contributed by atoms with Gasteiger partial charge in [-0.05, 0) is 62.1 Å². The molecule has 1 rings (SSSR count). The number of benzene rings is 1. The van der Waals surface area contributed by atoms with Crippen molar-refractivity contribution < 1.29 is 4.39 Å². The maximum absolute atomic E-state index is 13.0. The van der Waals surface area contributed by atoms with Crippen LogP contribution >= 0.6 is 0 Å². The normalized spacial score (nSPS) is 9.44. The number of rotatable bonds is 4. The molecule has 0 nitrogen and oxygen atoms in total. The topological polar surface area (TPSA) is 0 Å². The second-order valence-corrected chi connectivity index (χ2v) is 4.01. The molecule has 0 fully saturated rings. The average molecular weight is 216 g/mol. The summed E-state index contributed by atoms with van der Waals surface area (Å²) < 4.78 is 13.0. The van der Waals surface area contributed by atoms with Crippen LogP contribution in [0, 0.1) is 12.7 Å². The fourth-order valence-electron chi connectivity index (χ4n) is 1.32. The maximum Gasteiger partial charge on any atom is 0.123 e. The summed E-state index contributed by atoms with van der Waals surface area (Å²) in [7, 11) is 0. The Balaban J connectivity index is 2.68. The van der Waals surface area contributed by atoms with Crippen molar-refractivity contribution in [3.05, 3.63) is 59.1 Å². The van der Waals surface area contributed by atoms with E-state index < -0.39 is 0 Å². The minimum absolute atomic E-state index is 0.208. The zero-order valence-corrected chi connectivity index (χ0v) is 9.89. The predicted molar refractivity (Wildman–Crippen MR) is 67.7 cm³/mol. The quantitative estimate of drug-likeness (QED) is 0.507. The van der Waals surface area contributed by atoms with Gasteiger partial charge in [0, 0.05) is 0 Å². The van der Waals surface area contributed by atoms with Gasteiger partial charge in [0.1, 0.15) is 5.82 Å². The average Bonchev–Trinajstić information content (AvgIpc) is 2.22. The Bertz CT molecular complexity index is 435. The summed E-state index contributed by atoms with van der Waals surface area (Å²) in [4.78, 5) is 0.